The molecule has 1 aromatic heterocycles. The number of fused-ring (bicyclic) bond motifs is 1. The summed E-state index contributed by atoms with van der Waals surface area (Å²) in [4.78, 5) is 14.7. The molecule has 0 fully saturated rings. The first-order chi connectivity index (χ1) is 11.6. The van der Waals surface area contributed by atoms with Crippen LogP contribution in [0.1, 0.15) is 16.1 Å². The number of carbonyl (C=O) groups is 1. The van der Waals surface area contributed by atoms with Crippen LogP contribution in [0.25, 0.3) is 10.9 Å². The van der Waals surface area contributed by atoms with Gasteiger partial charge in [-0.25, -0.2) is 4.79 Å². The molecule has 1 heterocycles. The third-order valence-corrected chi connectivity index (χ3v) is 3.68. The molecule has 0 radical (unpaired) electrons. The third-order valence-electron chi connectivity index (χ3n) is 3.68. The number of carbonyl (C=O) groups excluding carboxylic acids is 1. The van der Waals surface area contributed by atoms with Gasteiger partial charge in [0.2, 0.25) is 0 Å². The number of hydrogen-bond acceptors (Lipinski definition) is 5. The van der Waals surface area contributed by atoms with Gasteiger partial charge in [-0.3, -0.25) is 0 Å². The lowest BCUT2D eigenvalue weighted by Crippen LogP contribution is -2.00. The number of ether oxygens (including phenoxy) is 3. The van der Waals surface area contributed by atoms with Gasteiger partial charge >= 0.3 is 5.97 Å². The molecule has 0 spiro atoms. The van der Waals surface area contributed by atoms with Crippen molar-refractivity contribution in [3.63, 3.8) is 0 Å². The van der Waals surface area contributed by atoms with Gasteiger partial charge in [-0.1, -0.05) is 12.1 Å². The number of benzene rings is 2. The predicted octanol–water partition coefficient (Wildman–Crippen LogP) is 3.12. The lowest BCUT2D eigenvalue weighted by Gasteiger charge is -2.09. The Kier molecular flexibility index (Phi) is 4.29. The van der Waals surface area contributed by atoms with Crippen molar-refractivity contribution in [1.29, 1.82) is 0 Å². The maximum absolute atomic E-state index is 11.7. The second-order valence-electron chi connectivity index (χ2n) is 5.29. The van der Waals surface area contributed by atoms with Gasteiger partial charge in [0.25, 0.3) is 0 Å². The van der Waals surface area contributed by atoms with Crippen LogP contribution < -0.4 is 15.2 Å². The highest BCUT2D eigenvalue weighted by Crippen LogP contribution is 2.30. The van der Waals surface area contributed by atoms with Gasteiger partial charge in [0.15, 0.2) is 0 Å². The van der Waals surface area contributed by atoms with Gasteiger partial charge in [0.1, 0.15) is 23.8 Å². The van der Waals surface area contributed by atoms with Crippen molar-refractivity contribution in [2.75, 3.05) is 20.0 Å². The van der Waals surface area contributed by atoms with Gasteiger partial charge in [-0.2, -0.15) is 0 Å². The third kappa shape index (κ3) is 3.12. The molecule has 6 nitrogen and oxygen atoms in total. The number of anilines is 1. The zero-order chi connectivity index (χ0) is 17.1. The Morgan fingerprint density at radius 1 is 1.12 bits per heavy atom. The van der Waals surface area contributed by atoms with Crippen LogP contribution in [0.15, 0.2) is 42.5 Å². The van der Waals surface area contributed by atoms with E-state index in [1.807, 2.05) is 24.3 Å². The molecule has 3 rings (SSSR count). The van der Waals surface area contributed by atoms with Crippen LogP contribution in [-0.4, -0.2) is 25.2 Å². The lowest BCUT2D eigenvalue weighted by molar-refractivity contribution is 0.0595. The first-order valence-corrected chi connectivity index (χ1v) is 7.37. The molecule has 0 aliphatic heterocycles. The second-order valence-corrected chi connectivity index (χ2v) is 5.29. The van der Waals surface area contributed by atoms with Crippen molar-refractivity contribution in [3.05, 3.63) is 53.7 Å². The van der Waals surface area contributed by atoms with Crippen LogP contribution in [0.4, 0.5) is 5.69 Å². The van der Waals surface area contributed by atoms with E-state index >= 15 is 0 Å². The van der Waals surface area contributed by atoms with E-state index in [4.69, 9.17) is 19.9 Å². The summed E-state index contributed by atoms with van der Waals surface area (Å²) in [5, 5.41) is 0.776. The highest BCUT2D eigenvalue weighted by Gasteiger charge is 2.13. The Balaban J connectivity index is 1.87. The number of methoxy groups -OCH3 is 2. The Morgan fingerprint density at radius 3 is 2.54 bits per heavy atom. The summed E-state index contributed by atoms with van der Waals surface area (Å²) in [6, 6.07) is 12.8. The molecule has 6 heteroatoms. The van der Waals surface area contributed by atoms with Crippen LogP contribution in [0, 0.1) is 0 Å². The van der Waals surface area contributed by atoms with Crippen molar-refractivity contribution >= 4 is 22.6 Å². The number of aromatic amines is 1. The molecule has 0 aliphatic carbocycles. The molecule has 3 N–H and O–H groups in total. The fraction of sp³-hybridized carbons (Fsp3) is 0.167. The van der Waals surface area contributed by atoms with Gasteiger partial charge < -0.3 is 24.9 Å². The molecule has 0 bridgehead atoms. The maximum atomic E-state index is 11.7. The van der Waals surface area contributed by atoms with E-state index in [1.165, 1.54) is 7.11 Å². The zero-order valence-corrected chi connectivity index (χ0v) is 13.5. The molecule has 0 aliphatic rings. The minimum Gasteiger partial charge on any atom is -0.497 e. The number of H-pyrrole nitrogens is 1. The normalized spacial score (nSPS) is 10.6. The van der Waals surface area contributed by atoms with E-state index in [0.717, 1.165) is 22.2 Å². The van der Waals surface area contributed by atoms with E-state index in [1.54, 1.807) is 25.3 Å². The molecule has 0 unspecified atom stereocenters. The van der Waals surface area contributed by atoms with Crippen LogP contribution in [0.3, 0.4) is 0 Å². The summed E-state index contributed by atoms with van der Waals surface area (Å²) in [7, 11) is 2.96. The average molecular weight is 326 g/mol. The number of rotatable bonds is 5. The molecule has 24 heavy (non-hydrogen) atoms. The number of nitrogens with one attached hydrogen (secondary N) is 1. The first kappa shape index (κ1) is 15.7. The summed E-state index contributed by atoms with van der Waals surface area (Å²) in [5.41, 5.74) is 8.54. The van der Waals surface area contributed by atoms with E-state index in [9.17, 15) is 4.79 Å². The molecule has 3 aromatic rings. The van der Waals surface area contributed by atoms with Crippen LogP contribution in [0.2, 0.25) is 0 Å². The van der Waals surface area contributed by atoms with Gasteiger partial charge in [0.05, 0.1) is 19.7 Å². The average Bonchev–Trinajstić information content (AvgIpc) is 3.03. The largest absolute Gasteiger partial charge is 0.497 e. The number of esters is 1. The van der Waals surface area contributed by atoms with Crippen molar-refractivity contribution in [2.45, 2.75) is 6.61 Å². The fourth-order valence-corrected chi connectivity index (χ4v) is 2.45. The summed E-state index contributed by atoms with van der Waals surface area (Å²) in [5.74, 6) is 0.955. The van der Waals surface area contributed by atoms with Crippen molar-refractivity contribution in [1.82, 2.24) is 4.98 Å². The molecular weight excluding hydrogens is 308 g/mol. The maximum Gasteiger partial charge on any atom is 0.354 e. The lowest BCUT2D eigenvalue weighted by atomic mass is 10.2. The van der Waals surface area contributed by atoms with Crippen LogP contribution in [0.5, 0.6) is 11.5 Å². The van der Waals surface area contributed by atoms with Gasteiger partial charge in [0, 0.05) is 17.1 Å². The highest BCUT2D eigenvalue weighted by molar-refractivity contribution is 5.98. The van der Waals surface area contributed by atoms with Crippen molar-refractivity contribution in [3.8, 4) is 11.5 Å². The molecule has 124 valence electrons. The molecule has 0 amide bonds. The molecule has 0 saturated heterocycles. The quantitative estimate of drug-likeness (QED) is 0.556. The summed E-state index contributed by atoms with van der Waals surface area (Å²) in [6.07, 6.45) is 0. The fourth-order valence-electron chi connectivity index (χ4n) is 2.45. The second kappa shape index (κ2) is 6.54. The highest BCUT2D eigenvalue weighted by atomic mass is 16.5. The number of hydrogen-bond donors (Lipinski definition) is 2. The monoisotopic (exact) mass is 326 g/mol. The summed E-state index contributed by atoms with van der Waals surface area (Å²) < 4.78 is 15.8. The SMILES string of the molecule is COC(=O)c1cc2c(OCc3ccc(OC)cc3)cc(N)cc2[nH]1. The molecule has 0 saturated carbocycles. The minimum atomic E-state index is -0.439. The Hall–Kier alpha value is -3.15. The molecule has 0 atom stereocenters. The van der Waals surface area contributed by atoms with Crippen molar-refractivity contribution in [2.24, 2.45) is 0 Å². The van der Waals surface area contributed by atoms with Gasteiger partial charge in [-0.15, -0.1) is 0 Å². The Labute approximate surface area is 139 Å². The standard InChI is InChI=1S/C18H18N2O4/c1-22-13-5-3-11(4-6-13)10-24-17-8-12(19)7-15-14(17)9-16(20-15)18(21)23-2/h3-9,20H,10,19H2,1-2H3. The van der Waals surface area contributed by atoms with E-state index in [2.05, 4.69) is 4.98 Å². The number of aromatic nitrogens is 1. The summed E-state index contributed by atoms with van der Waals surface area (Å²) >= 11 is 0. The zero-order valence-electron chi connectivity index (χ0n) is 13.5. The smallest absolute Gasteiger partial charge is 0.354 e. The Morgan fingerprint density at radius 2 is 1.88 bits per heavy atom. The first-order valence-electron chi connectivity index (χ1n) is 7.37. The predicted molar refractivity (Wildman–Crippen MR) is 91.4 cm³/mol. The molecule has 2 aromatic carbocycles. The number of nitrogen functional groups attached to an aromatic ring is 1. The van der Waals surface area contributed by atoms with Crippen LogP contribution >= 0.6 is 0 Å². The van der Waals surface area contributed by atoms with Gasteiger partial charge in [-0.05, 0) is 29.8 Å². The molecular formula is C18H18N2O4. The van der Waals surface area contributed by atoms with Crippen molar-refractivity contribution < 1.29 is 19.0 Å². The minimum absolute atomic E-state index is 0.354. The van der Waals surface area contributed by atoms with E-state index in [0.29, 0.717) is 23.7 Å². The van der Waals surface area contributed by atoms with Crippen LogP contribution in [-0.2, 0) is 11.3 Å². The van der Waals surface area contributed by atoms with E-state index in [-0.39, 0.29) is 0 Å². The summed E-state index contributed by atoms with van der Waals surface area (Å²) in [6.45, 7) is 0.376. The number of nitrogens with two attached hydrogens (primary N) is 1. The van der Waals surface area contributed by atoms with E-state index < -0.39 is 5.97 Å². The Bertz CT molecular complexity index is 869. The topological polar surface area (TPSA) is 86.6 Å².